The molecule has 2 aliphatic heterocycles. The van der Waals surface area contributed by atoms with E-state index in [-0.39, 0.29) is 23.8 Å². The van der Waals surface area contributed by atoms with Crippen molar-refractivity contribution in [1.29, 1.82) is 0 Å². The van der Waals surface area contributed by atoms with Crippen LogP contribution >= 0.6 is 31.9 Å². The van der Waals surface area contributed by atoms with E-state index in [0.717, 1.165) is 16.8 Å². The fraction of sp³-hybridized carbons (Fsp3) is 0.225. The number of anilines is 2. The molecule has 13 heteroatoms. The molecular formula is C40H40Br2N4O7. The number of Topliss-reactive ketones (excluding diaryl/α,β-unsaturated/α-hetero) is 2. The SMILES string of the molecule is COC(=O)c1cccc(N)c1Br.COC(=O)c1cccc(NC2=CC(=O)CN(Cc3ccccc3)C2)c1Br.O=C1CC(=O)CN(Cc2ccccc2)C1. The lowest BCUT2D eigenvalue weighted by atomic mass is 10.1. The summed E-state index contributed by atoms with van der Waals surface area (Å²) in [6.45, 7) is 3.20. The Morgan fingerprint density at radius 3 is 1.68 bits per heavy atom. The first-order chi connectivity index (χ1) is 25.5. The first-order valence-electron chi connectivity index (χ1n) is 16.5. The number of halogens is 2. The van der Waals surface area contributed by atoms with Gasteiger partial charge in [-0.15, -0.1) is 0 Å². The summed E-state index contributed by atoms with van der Waals surface area (Å²) >= 11 is 6.64. The Hall–Kier alpha value is -4.95. The number of nitrogens with zero attached hydrogens (tertiary/aromatic N) is 2. The molecule has 0 unspecified atom stereocenters. The second-order valence-corrected chi connectivity index (χ2v) is 13.7. The average Bonchev–Trinajstić information content (AvgIpc) is 3.14. The van der Waals surface area contributed by atoms with Gasteiger partial charge in [-0.05, 0) is 67.3 Å². The zero-order valence-electron chi connectivity index (χ0n) is 29.4. The Morgan fingerprint density at radius 1 is 0.660 bits per heavy atom. The van der Waals surface area contributed by atoms with E-state index < -0.39 is 11.9 Å². The van der Waals surface area contributed by atoms with E-state index in [1.54, 1.807) is 36.4 Å². The van der Waals surface area contributed by atoms with Gasteiger partial charge in [-0.1, -0.05) is 72.8 Å². The number of methoxy groups -OCH3 is 2. The number of piperidine rings is 1. The Kier molecular flexibility index (Phi) is 15.7. The number of esters is 2. The molecule has 276 valence electrons. The Balaban J connectivity index is 0.000000196. The van der Waals surface area contributed by atoms with Gasteiger partial charge in [-0.2, -0.15) is 0 Å². The molecule has 2 aliphatic rings. The van der Waals surface area contributed by atoms with Crippen LogP contribution in [0.5, 0.6) is 0 Å². The summed E-state index contributed by atoms with van der Waals surface area (Å²) in [6.07, 6.45) is 1.74. The maximum absolute atomic E-state index is 12.1. The van der Waals surface area contributed by atoms with Crippen molar-refractivity contribution in [3.05, 3.63) is 140 Å². The van der Waals surface area contributed by atoms with Crippen LogP contribution in [0.2, 0.25) is 0 Å². The highest BCUT2D eigenvalue weighted by atomic mass is 79.9. The van der Waals surface area contributed by atoms with Crippen LogP contribution in [-0.2, 0) is 36.9 Å². The van der Waals surface area contributed by atoms with Gasteiger partial charge in [0.15, 0.2) is 17.3 Å². The molecule has 11 nitrogen and oxygen atoms in total. The van der Waals surface area contributed by atoms with E-state index in [2.05, 4.69) is 46.8 Å². The van der Waals surface area contributed by atoms with Gasteiger partial charge < -0.3 is 20.5 Å². The normalized spacial score (nSPS) is 14.5. The lowest BCUT2D eigenvalue weighted by Gasteiger charge is -2.27. The summed E-state index contributed by atoms with van der Waals surface area (Å²) in [7, 11) is 2.68. The number of nitrogens with two attached hydrogens (primary N) is 1. The molecule has 3 N–H and O–H groups in total. The van der Waals surface area contributed by atoms with E-state index in [1.165, 1.54) is 14.2 Å². The monoisotopic (exact) mass is 846 g/mol. The minimum Gasteiger partial charge on any atom is -0.465 e. The van der Waals surface area contributed by atoms with Gasteiger partial charge in [0.2, 0.25) is 0 Å². The summed E-state index contributed by atoms with van der Waals surface area (Å²) in [5.41, 5.74) is 10.8. The average molecular weight is 849 g/mol. The fourth-order valence-electron chi connectivity index (χ4n) is 5.56. The molecule has 4 aromatic carbocycles. The highest BCUT2D eigenvalue weighted by Crippen LogP contribution is 2.29. The van der Waals surface area contributed by atoms with Crippen molar-refractivity contribution >= 4 is 72.5 Å². The summed E-state index contributed by atoms with van der Waals surface area (Å²) < 4.78 is 10.5. The van der Waals surface area contributed by atoms with Crippen molar-refractivity contribution in [2.75, 3.05) is 51.4 Å². The van der Waals surface area contributed by atoms with E-state index in [4.69, 9.17) is 10.5 Å². The first kappa shape index (κ1) is 40.8. The zero-order valence-corrected chi connectivity index (χ0v) is 32.5. The molecule has 4 aromatic rings. The van der Waals surface area contributed by atoms with E-state index in [0.29, 0.717) is 70.7 Å². The van der Waals surface area contributed by atoms with Gasteiger partial charge >= 0.3 is 11.9 Å². The number of nitrogen functional groups attached to an aromatic ring is 1. The fourth-order valence-corrected chi connectivity index (χ4v) is 6.51. The highest BCUT2D eigenvalue weighted by molar-refractivity contribution is 9.11. The lowest BCUT2D eigenvalue weighted by molar-refractivity contribution is -0.132. The molecule has 0 amide bonds. The van der Waals surface area contributed by atoms with Crippen molar-refractivity contribution in [1.82, 2.24) is 9.80 Å². The van der Waals surface area contributed by atoms with E-state index in [1.807, 2.05) is 71.6 Å². The van der Waals surface area contributed by atoms with Crippen molar-refractivity contribution in [2.45, 2.75) is 19.5 Å². The predicted molar refractivity (Wildman–Crippen MR) is 210 cm³/mol. The minimum absolute atomic E-state index is 0.0298. The lowest BCUT2D eigenvalue weighted by Crippen LogP contribution is -2.40. The Morgan fingerprint density at radius 2 is 1.15 bits per heavy atom. The van der Waals surface area contributed by atoms with Crippen LogP contribution in [-0.4, -0.2) is 79.5 Å². The molecule has 53 heavy (non-hydrogen) atoms. The van der Waals surface area contributed by atoms with Crippen LogP contribution in [0.1, 0.15) is 38.3 Å². The maximum atomic E-state index is 12.1. The third kappa shape index (κ3) is 12.6. The molecular weight excluding hydrogens is 808 g/mol. The van der Waals surface area contributed by atoms with Crippen molar-refractivity contribution in [3.8, 4) is 0 Å². The van der Waals surface area contributed by atoms with Crippen LogP contribution in [0, 0.1) is 0 Å². The number of hydrogen-bond acceptors (Lipinski definition) is 11. The van der Waals surface area contributed by atoms with Crippen LogP contribution in [0.3, 0.4) is 0 Å². The number of hydrogen-bond donors (Lipinski definition) is 2. The molecule has 0 saturated carbocycles. The van der Waals surface area contributed by atoms with Gasteiger partial charge in [0.25, 0.3) is 0 Å². The Bertz CT molecular complexity index is 1940. The zero-order chi connectivity index (χ0) is 38.3. The third-order valence-corrected chi connectivity index (χ3v) is 9.67. The van der Waals surface area contributed by atoms with Crippen LogP contribution in [0.4, 0.5) is 11.4 Å². The Labute approximate surface area is 325 Å². The number of benzene rings is 4. The molecule has 6 rings (SSSR count). The van der Waals surface area contributed by atoms with Crippen LogP contribution < -0.4 is 11.1 Å². The quantitative estimate of drug-likeness (QED) is 0.114. The molecule has 0 aliphatic carbocycles. The van der Waals surface area contributed by atoms with Gasteiger partial charge in [0, 0.05) is 37.1 Å². The smallest absolute Gasteiger partial charge is 0.339 e. The van der Waals surface area contributed by atoms with Crippen molar-refractivity contribution < 1.29 is 33.4 Å². The van der Waals surface area contributed by atoms with Crippen LogP contribution in [0.25, 0.3) is 0 Å². The maximum Gasteiger partial charge on any atom is 0.339 e. The molecule has 2 heterocycles. The number of carbonyl (C=O) groups excluding carboxylic acids is 5. The van der Waals surface area contributed by atoms with Gasteiger partial charge in [-0.3, -0.25) is 24.2 Å². The van der Waals surface area contributed by atoms with Gasteiger partial charge in [-0.25, -0.2) is 9.59 Å². The number of likely N-dealkylation sites (tertiary alicyclic amines) is 1. The molecule has 0 aromatic heterocycles. The standard InChI is InChI=1S/C20H19BrN2O3.C12H13NO2.C8H8BrNO2/c1-26-20(25)17-8-5-9-18(19(17)21)22-15-10-16(24)13-23(12-15)11-14-6-3-2-4-7-14;14-11-6-12(15)9-13(8-11)7-10-4-2-1-3-5-10;1-12-8(11)5-3-2-4-6(10)7(5)9/h2-10,22H,11-13H2,1H3;1-5H,6-9H2;2-4H,10H2,1H3. The number of ether oxygens (including phenoxy) is 2. The number of nitrogens with one attached hydrogen (secondary N) is 1. The second kappa shape index (κ2) is 20.3. The summed E-state index contributed by atoms with van der Waals surface area (Å²) in [6, 6.07) is 30.3. The number of ketones is 3. The summed E-state index contributed by atoms with van der Waals surface area (Å²) in [4.78, 5) is 61.4. The molecule has 0 spiro atoms. The summed E-state index contributed by atoms with van der Waals surface area (Å²) in [5.74, 6) is -0.701. The minimum atomic E-state index is -0.417. The predicted octanol–water partition coefficient (Wildman–Crippen LogP) is 6.46. The third-order valence-electron chi connectivity index (χ3n) is 7.93. The van der Waals surface area contributed by atoms with Crippen LogP contribution in [0.15, 0.2) is 118 Å². The highest BCUT2D eigenvalue weighted by Gasteiger charge is 2.23. The molecule has 1 saturated heterocycles. The largest absolute Gasteiger partial charge is 0.465 e. The molecule has 0 atom stereocenters. The number of carbonyl (C=O) groups is 5. The summed E-state index contributed by atoms with van der Waals surface area (Å²) in [5, 5.41) is 3.26. The topological polar surface area (TPSA) is 148 Å². The molecule has 0 bridgehead atoms. The molecule has 0 radical (unpaired) electrons. The van der Waals surface area contributed by atoms with Gasteiger partial charge in [0.1, 0.15) is 0 Å². The van der Waals surface area contributed by atoms with Crippen molar-refractivity contribution in [2.24, 2.45) is 0 Å². The second-order valence-electron chi connectivity index (χ2n) is 12.1. The van der Waals surface area contributed by atoms with E-state index >= 15 is 0 Å². The van der Waals surface area contributed by atoms with Crippen molar-refractivity contribution in [3.63, 3.8) is 0 Å². The molecule has 1 fully saturated rings. The number of rotatable bonds is 8. The van der Waals surface area contributed by atoms with Gasteiger partial charge in [0.05, 0.1) is 66.0 Å². The van der Waals surface area contributed by atoms with E-state index in [9.17, 15) is 24.0 Å². The first-order valence-corrected chi connectivity index (χ1v) is 18.1.